The number of aryl methyl sites for hydroxylation is 1. The van der Waals surface area contributed by atoms with Gasteiger partial charge in [-0.15, -0.1) is 0 Å². The number of rotatable bonds is 4. The van der Waals surface area contributed by atoms with E-state index in [2.05, 4.69) is 10.4 Å². The molecule has 1 aromatic heterocycles. The summed E-state index contributed by atoms with van der Waals surface area (Å²) in [7, 11) is 1.57. The molecule has 1 fully saturated rings. The van der Waals surface area contributed by atoms with E-state index in [1.165, 1.54) is 4.68 Å². The van der Waals surface area contributed by atoms with Crippen molar-refractivity contribution in [1.29, 1.82) is 0 Å². The van der Waals surface area contributed by atoms with E-state index in [-0.39, 0.29) is 29.8 Å². The van der Waals surface area contributed by atoms with Crippen molar-refractivity contribution in [2.75, 3.05) is 0 Å². The average Bonchev–Trinajstić information content (AvgIpc) is 2.60. The minimum atomic E-state index is -0.759. The molecule has 1 aromatic carbocycles. The van der Waals surface area contributed by atoms with Crippen LogP contribution in [0.25, 0.3) is 10.8 Å². The van der Waals surface area contributed by atoms with Crippen molar-refractivity contribution in [2.24, 2.45) is 13.0 Å². The van der Waals surface area contributed by atoms with E-state index in [1.54, 1.807) is 25.2 Å². The molecule has 0 unspecified atom stereocenters. The molecule has 7 heteroatoms. The Kier molecular flexibility index (Phi) is 4.83. The first-order valence-electron chi connectivity index (χ1n) is 8.43. The summed E-state index contributed by atoms with van der Waals surface area (Å²) in [5, 5.41) is 17.5. The van der Waals surface area contributed by atoms with Crippen molar-refractivity contribution in [1.82, 2.24) is 15.1 Å². The molecule has 3 rings (SSSR count). The van der Waals surface area contributed by atoms with Crippen LogP contribution in [0.4, 0.5) is 0 Å². The third-order valence-electron chi connectivity index (χ3n) is 4.80. The van der Waals surface area contributed by atoms with Gasteiger partial charge in [0.15, 0.2) is 0 Å². The third-order valence-corrected chi connectivity index (χ3v) is 4.80. The number of carboxylic acids is 1. The zero-order valence-corrected chi connectivity index (χ0v) is 14.1. The number of carbonyl (C=O) groups is 2. The largest absolute Gasteiger partial charge is 0.481 e. The van der Waals surface area contributed by atoms with Gasteiger partial charge in [0.2, 0.25) is 5.91 Å². The quantitative estimate of drug-likeness (QED) is 0.870. The molecule has 0 saturated heterocycles. The molecule has 2 N–H and O–H groups in total. The predicted octanol–water partition coefficient (Wildman–Crippen LogP) is 1.24. The van der Waals surface area contributed by atoms with Gasteiger partial charge in [-0.25, -0.2) is 4.68 Å². The summed E-state index contributed by atoms with van der Waals surface area (Å²) in [5.74, 6) is -1.22. The fraction of sp³-hybridized carbons (Fsp3) is 0.444. The summed E-state index contributed by atoms with van der Waals surface area (Å²) in [6, 6.07) is 7.13. The number of hydrogen-bond donors (Lipinski definition) is 2. The molecule has 0 atom stereocenters. The Morgan fingerprint density at radius 2 is 1.84 bits per heavy atom. The minimum absolute atomic E-state index is 0.00176. The Hall–Kier alpha value is -2.70. The zero-order chi connectivity index (χ0) is 18.0. The molecule has 0 aliphatic heterocycles. The maximum absolute atomic E-state index is 12.4. The second-order valence-electron chi connectivity index (χ2n) is 6.55. The molecule has 25 heavy (non-hydrogen) atoms. The van der Waals surface area contributed by atoms with Crippen molar-refractivity contribution >= 4 is 22.6 Å². The number of nitrogens with zero attached hydrogens (tertiary/aromatic N) is 2. The highest BCUT2D eigenvalue weighted by atomic mass is 16.4. The van der Waals surface area contributed by atoms with Gasteiger partial charge < -0.3 is 10.4 Å². The molecule has 0 spiro atoms. The normalized spacial score (nSPS) is 20.4. The molecule has 0 bridgehead atoms. The molecule has 7 nitrogen and oxygen atoms in total. The maximum Gasteiger partial charge on any atom is 0.306 e. The second kappa shape index (κ2) is 7.04. The Labute approximate surface area is 144 Å². The summed E-state index contributed by atoms with van der Waals surface area (Å²) >= 11 is 0. The lowest BCUT2D eigenvalue weighted by Gasteiger charge is -2.26. The Morgan fingerprint density at radius 1 is 1.20 bits per heavy atom. The van der Waals surface area contributed by atoms with E-state index < -0.39 is 5.97 Å². The molecule has 1 heterocycles. The van der Waals surface area contributed by atoms with E-state index in [1.807, 2.05) is 6.07 Å². The maximum atomic E-state index is 12.4. The van der Waals surface area contributed by atoms with Gasteiger partial charge in [-0.05, 0) is 31.7 Å². The Bertz CT molecular complexity index is 866. The lowest BCUT2D eigenvalue weighted by Crippen LogP contribution is -2.39. The zero-order valence-electron chi connectivity index (χ0n) is 14.1. The predicted molar refractivity (Wildman–Crippen MR) is 92.2 cm³/mol. The highest BCUT2D eigenvalue weighted by Crippen LogP contribution is 2.24. The smallest absolute Gasteiger partial charge is 0.306 e. The van der Waals surface area contributed by atoms with Crippen LogP contribution in [-0.2, 0) is 23.1 Å². The van der Waals surface area contributed by atoms with Gasteiger partial charge in [0.25, 0.3) is 5.56 Å². The van der Waals surface area contributed by atoms with Crippen LogP contribution in [-0.4, -0.2) is 32.8 Å². The number of nitrogens with one attached hydrogen (secondary N) is 1. The molecule has 1 aliphatic carbocycles. The van der Waals surface area contributed by atoms with Gasteiger partial charge in [0, 0.05) is 18.5 Å². The topological polar surface area (TPSA) is 101 Å². The van der Waals surface area contributed by atoms with Gasteiger partial charge in [-0.1, -0.05) is 18.2 Å². The monoisotopic (exact) mass is 343 g/mol. The number of hydrogen-bond acceptors (Lipinski definition) is 4. The second-order valence-corrected chi connectivity index (χ2v) is 6.55. The fourth-order valence-corrected chi connectivity index (χ4v) is 3.42. The van der Waals surface area contributed by atoms with Gasteiger partial charge in [-0.2, -0.15) is 5.10 Å². The van der Waals surface area contributed by atoms with Crippen LogP contribution in [0.2, 0.25) is 0 Å². The molecule has 1 amide bonds. The van der Waals surface area contributed by atoms with Crippen LogP contribution >= 0.6 is 0 Å². The highest BCUT2D eigenvalue weighted by molar-refractivity contribution is 5.88. The van der Waals surface area contributed by atoms with Gasteiger partial charge >= 0.3 is 5.97 Å². The van der Waals surface area contributed by atoms with Crippen molar-refractivity contribution in [3.05, 3.63) is 40.3 Å². The first kappa shape index (κ1) is 17.1. The summed E-state index contributed by atoms with van der Waals surface area (Å²) in [4.78, 5) is 35.5. The first-order valence-corrected chi connectivity index (χ1v) is 8.43. The molecule has 2 aromatic rings. The first-order chi connectivity index (χ1) is 12.0. The lowest BCUT2D eigenvalue weighted by molar-refractivity contribution is -0.142. The number of carboxylic acid groups (broad SMARTS) is 1. The van der Waals surface area contributed by atoms with Gasteiger partial charge in [0.1, 0.15) is 0 Å². The van der Waals surface area contributed by atoms with Crippen molar-refractivity contribution < 1.29 is 14.7 Å². The van der Waals surface area contributed by atoms with Crippen molar-refractivity contribution in [3.8, 4) is 0 Å². The van der Waals surface area contributed by atoms with Crippen LogP contribution in [0.1, 0.15) is 31.4 Å². The highest BCUT2D eigenvalue weighted by Gasteiger charge is 2.26. The SMILES string of the molecule is Cn1nc(CC(=O)NC2CCC(C(=O)O)CC2)c2ccccc2c1=O. The van der Waals surface area contributed by atoms with Crippen LogP contribution in [0, 0.1) is 5.92 Å². The molecule has 132 valence electrons. The van der Waals surface area contributed by atoms with Gasteiger partial charge in [0.05, 0.1) is 23.4 Å². The number of amides is 1. The lowest BCUT2D eigenvalue weighted by atomic mass is 9.86. The summed E-state index contributed by atoms with van der Waals surface area (Å²) < 4.78 is 1.25. The molecule has 1 saturated carbocycles. The van der Waals surface area contributed by atoms with E-state index in [9.17, 15) is 14.4 Å². The number of fused-ring (bicyclic) bond motifs is 1. The molecule has 0 radical (unpaired) electrons. The summed E-state index contributed by atoms with van der Waals surface area (Å²) in [6.45, 7) is 0. The molecule has 1 aliphatic rings. The van der Waals surface area contributed by atoms with Crippen LogP contribution in [0.3, 0.4) is 0 Å². The van der Waals surface area contributed by atoms with E-state index in [0.29, 0.717) is 42.1 Å². The van der Waals surface area contributed by atoms with Crippen molar-refractivity contribution in [2.45, 2.75) is 38.1 Å². The Balaban J connectivity index is 1.70. The van der Waals surface area contributed by atoms with Gasteiger partial charge in [-0.3, -0.25) is 14.4 Å². The Morgan fingerprint density at radius 3 is 2.48 bits per heavy atom. The molecular formula is C18H21N3O4. The summed E-state index contributed by atoms with van der Waals surface area (Å²) in [5.41, 5.74) is 0.376. The van der Waals surface area contributed by atoms with Crippen LogP contribution in [0.15, 0.2) is 29.1 Å². The third kappa shape index (κ3) is 3.70. The number of carbonyl (C=O) groups excluding carboxylic acids is 1. The number of benzene rings is 1. The van der Waals surface area contributed by atoms with E-state index in [4.69, 9.17) is 5.11 Å². The standard InChI is InChI=1S/C18H21N3O4/c1-21-17(23)14-5-3-2-4-13(14)15(20-21)10-16(22)19-12-8-6-11(7-9-12)18(24)25/h2-5,11-12H,6-10H2,1H3,(H,19,22)(H,24,25). The fourth-order valence-electron chi connectivity index (χ4n) is 3.42. The van der Waals surface area contributed by atoms with E-state index >= 15 is 0 Å². The number of aliphatic carboxylic acids is 1. The minimum Gasteiger partial charge on any atom is -0.481 e. The molecular weight excluding hydrogens is 322 g/mol. The summed E-state index contributed by atoms with van der Waals surface area (Å²) in [6.07, 6.45) is 2.60. The van der Waals surface area contributed by atoms with Crippen LogP contribution in [0.5, 0.6) is 0 Å². The van der Waals surface area contributed by atoms with Crippen molar-refractivity contribution in [3.63, 3.8) is 0 Å². The number of aromatic nitrogens is 2. The average molecular weight is 343 g/mol. The van der Waals surface area contributed by atoms with Crippen LogP contribution < -0.4 is 10.9 Å². The van der Waals surface area contributed by atoms with E-state index in [0.717, 1.165) is 0 Å².